The number of carbonyl (C=O) groups excluding carboxylic acids is 1. The molecular weight excluding hydrogens is 178 g/mol. The number of nitrogens with zero attached hydrogens (tertiary/aromatic N) is 1. The van der Waals surface area contributed by atoms with Crippen LogP contribution in [0.3, 0.4) is 0 Å². The second kappa shape index (κ2) is 2.87. The van der Waals surface area contributed by atoms with Crippen molar-refractivity contribution in [3.8, 4) is 0 Å². The number of fused-ring (bicyclic) bond motifs is 3. The molecule has 3 heterocycles. The molecular formula is C11H13NO2. The first-order valence-electron chi connectivity index (χ1n) is 5.22. The molecule has 0 radical (unpaired) electrons. The summed E-state index contributed by atoms with van der Waals surface area (Å²) < 4.78 is 5.50. The Labute approximate surface area is 82.7 Å². The molecule has 1 fully saturated rings. The van der Waals surface area contributed by atoms with Crippen LogP contribution in [0.2, 0.25) is 0 Å². The minimum atomic E-state index is 0.231. The standard InChI is InChI=1S/C11H13NO2/c13-10-4-3-9-11-8(5-7-14-11)2-1-6-12(9)10/h5,7,9H,1-4,6H2. The maximum absolute atomic E-state index is 11.6. The molecule has 1 amide bonds. The lowest BCUT2D eigenvalue weighted by Gasteiger charge is -2.20. The van der Waals surface area contributed by atoms with Crippen LogP contribution >= 0.6 is 0 Å². The van der Waals surface area contributed by atoms with Gasteiger partial charge in [0.05, 0.1) is 12.3 Å². The lowest BCUT2D eigenvalue weighted by molar-refractivity contribution is -0.129. The van der Waals surface area contributed by atoms with Gasteiger partial charge in [0.1, 0.15) is 5.76 Å². The van der Waals surface area contributed by atoms with E-state index in [4.69, 9.17) is 4.42 Å². The van der Waals surface area contributed by atoms with Crippen molar-refractivity contribution in [3.05, 3.63) is 23.7 Å². The number of hydrogen-bond donors (Lipinski definition) is 0. The quantitative estimate of drug-likeness (QED) is 0.627. The van der Waals surface area contributed by atoms with Crippen LogP contribution in [0.25, 0.3) is 0 Å². The molecule has 1 unspecified atom stereocenters. The number of furan rings is 1. The summed E-state index contributed by atoms with van der Waals surface area (Å²) in [4.78, 5) is 13.6. The third-order valence-corrected chi connectivity index (χ3v) is 3.26. The number of hydrogen-bond acceptors (Lipinski definition) is 2. The maximum Gasteiger partial charge on any atom is 0.223 e. The Bertz CT molecular complexity index is 369. The highest BCUT2D eigenvalue weighted by Crippen LogP contribution is 2.37. The fraction of sp³-hybridized carbons (Fsp3) is 0.545. The van der Waals surface area contributed by atoms with Gasteiger partial charge < -0.3 is 9.32 Å². The van der Waals surface area contributed by atoms with Gasteiger partial charge in [-0.05, 0) is 30.9 Å². The zero-order chi connectivity index (χ0) is 9.54. The van der Waals surface area contributed by atoms with Crippen molar-refractivity contribution in [1.29, 1.82) is 0 Å². The van der Waals surface area contributed by atoms with Gasteiger partial charge in [-0.1, -0.05) is 0 Å². The summed E-state index contributed by atoms with van der Waals surface area (Å²) in [5.41, 5.74) is 1.30. The highest BCUT2D eigenvalue weighted by atomic mass is 16.3. The van der Waals surface area contributed by atoms with Crippen molar-refractivity contribution in [2.45, 2.75) is 31.7 Å². The summed E-state index contributed by atoms with van der Waals surface area (Å²) in [6.07, 6.45) is 5.47. The van der Waals surface area contributed by atoms with Crippen molar-refractivity contribution in [2.75, 3.05) is 6.54 Å². The number of rotatable bonds is 0. The number of amides is 1. The lowest BCUT2D eigenvalue weighted by Crippen LogP contribution is -2.27. The fourth-order valence-corrected chi connectivity index (χ4v) is 2.57. The summed E-state index contributed by atoms with van der Waals surface area (Å²) in [6, 6.07) is 2.27. The van der Waals surface area contributed by atoms with E-state index < -0.39 is 0 Å². The van der Waals surface area contributed by atoms with E-state index in [-0.39, 0.29) is 6.04 Å². The smallest absolute Gasteiger partial charge is 0.223 e. The molecule has 0 saturated carbocycles. The van der Waals surface area contributed by atoms with Crippen LogP contribution in [-0.4, -0.2) is 17.4 Å². The Morgan fingerprint density at radius 2 is 2.36 bits per heavy atom. The van der Waals surface area contributed by atoms with Gasteiger partial charge in [0.15, 0.2) is 0 Å². The maximum atomic E-state index is 11.6. The summed E-state index contributed by atoms with van der Waals surface area (Å²) in [6.45, 7) is 0.897. The van der Waals surface area contributed by atoms with Crippen LogP contribution in [0, 0.1) is 0 Å². The topological polar surface area (TPSA) is 33.5 Å². The molecule has 1 saturated heterocycles. The molecule has 0 N–H and O–H groups in total. The van der Waals surface area contributed by atoms with Gasteiger partial charge in [-0.2, -0.15) is 0 Å². The molecule has 3 heteroatoms. The Hall–Kier alpha value is -1.25. The SMILES string of the molecule is O=C1CCC2c3occc3CCCN12. The van der Waals surface area contributed by atoms with Crippen molar-refractivity contribution in [1.82, 2.24) is 4.90 Å². The summed E-state index contributed by atoms with van der Waals surface area (Å²) in [5, 5.41) is 0. The average Bonchev–Trinajstić information content (AvgIpc) is 2.72. The zero-order valence-corrected chi connectivity index (χ0v) is 8.03. The monoisotopic (exact) mass is 191 g/mol. The summed E-state index contributed by atoms with van der Waals surface area (Å²) >= 11 is 0. The Kier molecular flexibility index (Phi) is 1.66. The van der Waals surface area contributed by atoms with Gasteiger partial charge in [0, 0.05) is 13.0 Å². The third-order valence-electron chi connectivity index (χ3n) is 3.26. The normalized spacial score (nSPS) is 25.9. The molecule has 0 bridgehead atoms. The van der Waals surface area contributed by atoms with Crippen LogP contribution < -0.4 is 0 Å². The van der Waals surface area contributed by atoms with Gasteiger partial charge in [-0.15, -0.1) is 0 Å². The van der Waals surface area contributed by atoms with Crippen molar-refractivity contribution >= 4 is 5.91 Å². The molecule has 0 aliphatic carbocycles. The molecule has 74 valence electrons. The summed E-state index contributed by atoms with van der Waals surface area (Å²) in [7, 11) is 0. The highest BCUT2D eigenvalue weighted by Gasteiger charge is 2.36. The van der Waals surface area contributed by atoms with E-state index in [0.29, 0.717) is 12.3 Å². The van der Waals surface area contributed by atoms with E-state index in [1.54, 1.807) is 6.26 Å². The molecule has 3 nitrogen and oxygen atoms in total. The molecule has 1 aromatic heterocycles. The molecule has 14 heavy (non-hydrogen) atoms. The van der Waals surface area contributed by atoms with Crippen LogP contribution in [0.1, 0.15) is 36.6 Å². The van der Waals surface area contributed by atoms with E-state index in [1.807, 2.05) is 11.0 Å². The molecule has 2 aliphatic heterocycles. The molecule has 3 rings (SSSR count). The van der Waals surface area contributed by atoms with Gasteiger partial charge in [-0.3, -0.25) is 4.79 Å². The predicted molar refractivity (Wildman–Crippen MR) is 50.7 cm³/mol. The first-order valence-corrected chi connectivity index (χ1v) is 5.22. The van der Waals surface area contributed by atoms with Crippen LogP contribution in [0.5, 0.6) is 0 Å². The minimum absolute atomic E-state index is 0.231. The first-order chi connectivity index (χ1) is 6.86. The number of aryl methyl sites for hydroxylation is 1. The molecule has 1 aromatic rings. The van der Waals surface area contributed by atoms with E-state index in [9.17, 15) is 4.79 Å². The van der Waals surface area contributed by atoms with Gasteiger partial charge in [0.2, 0.25) is 5.91 Å². The second-order valence-corrected chi connectivity index (χ2v) is 4.06. The average molecular weight is 191 g/mol. The van der Waals surface area contributed by atoms with Crippen molar-refractivity contribution in [3.63, 3.8) is 0 Å². The van der Waals surface area contributed by atoms with Crippen LogP contribution in [0.15, 0.2) is 16.7 Å². The van der Waals surface area contributed by atoms with Crippen molar-refractivity contribution in [2.24, 2.45) is 0 Å². The van der Waals surface area contributed by atoms with Crippen LogP contribution in [-0.2, 0) is 11.2 Å². The third kappa shape index (κ3) is 1.01. The predicted octanol–water partition coefficient (Wildman–Crippen LogP) is 1.89. The second-order valence-electron chi connectivity index (χ2n) is 4.06. The number of carbonyl (C=O) groups is 1. The largest absolute Gasteiger partial charge is 0.467 e. The first kappa shape index (κ1) is 8.09. The van der Waals surface area contributed by atoms with E-state index in [0.717, 1.165) is 31.6 Å². The van der Waals surface area contributed by atoms with E-state index in [1.165, 1.54) is 5.56 Å². The van der Waals surface area contributed by atoms with E-state index in [2.05, 4.69) is 0 Å². The van der Waals surface area contributed by atoms with Gasteiger partial charge in [-0.25, -0.2) is 0 Å². The Balaban J connectivity index is 2.04. The van der Waals surface area contributed by atoms with Crippen molar-refractivity contribution < 1.29 is 9.21 Å². The Morgan fingerprint density at radius 1 is 1.43 bits per heavy atom. The highest BCUT2D eigenvalue weighted by molar-refractivity contribution is 5.79. The fourth-order valence-electron chi connectivity index (χ4n) is 2.57. The summed E-state index contributed by atoms with van der Waals surface area (Å²) in [5.74, 6) is 1.33. The minimum Gasteiger partial charge on any atom is -0.467 e. The molecule has 0 spiro atoms. The zero-order valence-electron chi connectivity index (χ0n) is 8.03. The molecule has 1 atom stereocenters. The molecule has 0 aromatic carbocycles. The van der Waals surface area contributed by atoms with Gasteiger partial charge >= 0.3 is 0 Å². The van der Waals surface area contributed by atoms with E-state index >= 15 is 0 Å². The lowest BCUT2D eigenvalue weighted by atomic mass is 10.1. The van der Waals surface area contributed by atoms with Crippen LogP contribution in [0.4, 0.5) is 0 Å². The molecule has 2 aliphatic rings. The Morgan fingerprint density at radius 3 is 3.29 bits per heavy atom. The van der Waals surface area contributed by atoms with Gasteiger partial charge in [0.25, 0.3) is 0 Å².